The van der Waals surface area contributed by atoms with Crippen LogP contribution in [0.1, 0.15) is 55.3 Å². The van der Waals surface area contributed by atoms with Gasteiger partial charge in [0.15, 0.2) is 5.78 Å². The molecule has 1 fully saturated rings. The van der Waals surface area contributed by atoms with Gasteiger partial charge in [-0.25, -0.2) is 9.37 Å². The van der Waals surface area contributed by atoms with E-state index in [1.807, 2.05) is 24.5 Å². The Hall–Kier alpha value is -1.92. The first-order valence-corrected chi connectivity index (χ1v) is 11.4. The normalized spacial score (nSPS) is 19.1. The minimum absolute atomic E-state index is 0.139. The van der Waals surface area contributed by atoms with E-state index >= 15 is 0 Å². The maximum atomic E-state index is 13.8. The first-order chi connectivity index (χ1) is 14.1. The molecule has 3 rings (SSSR count). The number of rotatable bonds is 9. The molecule has 0 saturated heterocycles. The highest BCUT2D eigenvalue weighted by atomic mass is 32.2. The molecule has 4 nitrogen and oxygen atoms in total. The zero-order valence-electron chi connectivity index (χ0n) is 16.8. The SMILES string of the molecule is CSc1cccc(Oc2ncc(F)cc2C(=O)CCCC2CCCC[C@@H]2CO)c1. The van der Waals surface area contributed by atoms with Gasteiger partial charge in [0.05, 0.1) is 11.8 Å². The summed E-state index contributed by atoms with van der Waals surface area (Å²) in [5.74, 6) is 0.809. The topological polar surface area (TPSA) is 59.4 Å². The third kappa shape index (κ3) is 6.03. The van der Waals surface area contributed by atoms with Crippen LogP contribution in [-0.4, -0.2) is 28.7 Å². The van der Waals surface area contributed by atoms with Crippen LogP contribution < -0.4 is 4.74 Å². The van der Waals surface area contributed by atoms with Gasteiger partial charge >= 0.3 is 0 Å². The summed E-state index contributed by atoms with van der Waals surface area (Å²) in [5, 5.41) is 9.56. The predicted octanol–water partition coefficient (Wildman–Crippen LogP) is 5.89. The van der Waals surface area contributed by atoms with Crippen molar-refractivity contribution in [3.05, 3.63) is 47.9 Å². The summed E-state index contributed by atoms with van der Waals surface area (Å²) >= 11 is 1.59. The van der Waals surface area contributed by atoms with Crippen molar-refractivity contribution in [2.75, 3.05) is 12.9 Å². The van der Waals surface area contributed by atoms with Crippen LogP contribution in [0, 0.1) is 17.7 Å². The Morgan fingerprint density at radius 2 is 2.07 bits per heavy atom. The molecule has 1 aromatic carbocycles. The number of aromatic nitrogens is 1. The Labute approximate surface area is 175 Å². The second kappa shape index (κ2) is 10.7. The number of pyridine rings is 1. The number of nitrogens with zero attached hydrogens (tertiary/aromatic N) is 1. The van der Waals surface area contributed by atoms with E-state index in [4.69, 9.17) is 4.74 Å². The molecule has 0 amide bonds. The molecule has 0 radical (unpaired) electrons. The first kappa shape index (κ1) is 21.8. The molecular formula is C23H28FNO3S. The van der Waals surface area contributed by atoms with E-state index in [1.54, 1.807) is 17.8 Å². The molecule has 1 saturated carbocycles. The fraction of sp³-hybridized carbons (Fsp3) is 0.478. The molecule has 1 aromatic heterocycles. The van der Waals surface area contributed by atoms with Crippen LogP contribution in [0.4, 0.5) is 4.39 Å². The zero-order chi connectivity index (χ0) is 20.6. The summed E-state index contributed by atoms with van der Waals surface area (Å²) in [5.41, 5.74) is 0.182. The van der Waals surface area contributed by atoms with Crippen molar-refractivity contribution in [1.29, 1.82) is 0 Å². The number of aliphatic hydroxyl groups is 1. The van der Waals surface area contributed by atoms with Gasteiger partial charge in [-0.3, -0.25) is 4.79 Å². The average molecular weight is 418 g/mol. The minimum atomic E-state index is -0.550. The molecule has 2 aromatic rings. The van der Waals surface area contributed by atoms with Crippen molar-refractivity contribution >= 4 is 17.5 Å². The highest BCUT2D eigenvalue weighted by molar-refractivity contribution is 7.98. The van der Waals surface area contributed by atoms with Gasteiger partial charge in [-0.15, -0.1) is 11.8 Å². The Morgan fingerprint density at radius 1 is 1.28 bits per heavy atom. The molecule has 6 heteroatoms. The summed E-state index contributed by atoms with van der Waals surface area (Å²) in [7, 11) is 0. The molecular weight excluding hydrogens is 389 g/mol. The van der Waals surface area contributed by atoms with Crippen molar-refractivity contribution in [2.45, 2.75) is 49.8 Å². The van der Waals surface area contributed by atoms with E-state index in [-0.39, 0.29) is 23.8 Å². The van der Waals surface area contributed by atoms with E-state index in [2.05, 4.69) is 4.98 Å². The second-order valence-electron chi connectivity index (χ2n) is 7.59. The van der Waals surface area contributed by atoms with Gasteiger partial charge in [0.2, 0.25) is 5.88 Å². The first-order valence-electron chi connectivity index (χ1n) is 10.2. The van der Waals surface area contributed by atoms with E-state index < -0.39 is 5.82 Å². The fourth-order valence-electron chi connectivity index (χ4n) is 4.05. The number of carbonyl (C=O) groups excluding carboxylic acids is 1. The number of ketones is 1. The van der Waals surface area contributed by atoms with Crippen LogP contribution in [0.5, 0.6) is 11.6 Å². The lowest BCUT2D eigenvalue weighted by molar-refractivity contribution is 0.0961. The molecule has 1 N–H and O–H groups in total. The average Bonchev–Trinajstić information content (AvgIpc) is 2.75. The predicted molar refractivity (Wildman–Crippen MR) is 113 cm³/mol. The van der Waals surface area contributed by atoms with E-state index in [1.165, 1.54) is 18.9 Å². The van der Waals surface area contributed by atoms with Gasteiger partial charge in [-0.1, -0.05) is 25.3 Å². The standard InChI is InChI=1S/C23H28FNO3S/c1-29-20-10-5-9-19(13-20)28-23-21(12-18(24)14-25-23)22(27)11-4-8-16-6-2-3-7-17(16)15-26/h5,9-10,12-14,16-17,26H,2-4,6-8,11,15H2,1H3/t16?,17-/m1/s1. The number of halogens is 1. The van der Waals surface area contributed by atoms with Crippen molar-refractivity contribution in [3.63, 3.8) is 0 Å². The van der Waals surface area contributed by atoms with Gasteiger partial charge in [-0.05, 0) is 61.6 Å². The molecule has 0 spiro atoms. The highest BCUT2D eigenvalue weighted by Gasteiger charge is 2.24. The van der Waals surface area contributed by atoms with Crippen molar-refractivity contribution in [1.82, 2.24) is 4.98 Å². The lowest BCUT2D eigenvalue weighted by atomic mass is 9.77. The second-order valence-corrected chi connectivity index (χ2v) is 8.47. The number of hydrogen-bond donors (Lipinski definition) is 1. The Bertz CT molecular complexity index is 830. The Morgan fingerprint density at radius 3 is 2.83 bits per heavy atom. The van der Waals surface area contributed by atoms with Crippen LogP contribution in [0.15, 0.2) is 41.4 Å². The molecule has 1 heterocycles. The third-order valence-electron chi connectivity index (χ3n) is 5.65. The molecule has 1 aliphatic carbocycles. The van der Waals surface area contributed by atoms with Gasteiger partial charge in [0.1, 0.15) is 11.6 Å². The van der Waals surface area contributed by atoms with E-state index in [0.29, 0.717) is 24.0 Å². The summed E-state index contributed by atoms with van der Waals surface area (Å²) in [4.78, 5) is 17.8. The quantitative estimate of drug-likeness (QED) is 0.407. The Balaban J connectivity index is 1.65. The number of thioether (sulfide) groups is 1. The van der Waals surface area contributed by atoms with Crippen molar-refractivity contribution in [2.24, 2.45) is 11.8 Å². The van der Waals surface area contributed by atoms with Crippen LogP contribution in [0.25, 0.3) is 0 Å². The van der Waals surface area contributed by atoms with Gasteiger partial charge in [0, 0.05) is 17.9 Å². The number of aliphatic hydroxyl groups excluding tert-OH is 1. The van der Waals surface area contributed by atoms with E-state index in [0.717, 1.165) is 36.8 Å². The number of carbonyl (C=O) groups is 1. The molecule has 2 atom stereocenters. The Kier molecular flexibility index (Phi) is 8.07. The van der Waals surface area contributed by atoms with Gasteiger partial charge in [0.25, 0.3) is 0 Å². The molecule has 1 unspecified atom stereocenters. The maximum absolute atomic E-state index is 13.8. The molecule has 156 valence electrons. The monoisotopic (exact) mass is 417 g/mol. The maximum Gasteiger partial charge on any atom is 0.230 e. The van der Waals surface area contributed by atoms with Crippen molar-refractivity contribution < 1.29 is 19.0 Å². The summed E-state index contributed by atoms with van der Waals surface area (Å²) in [6.45, 7) is 0.222. The third-order valence-corrected chi connectivity index (χ3v) is 6.38. The fourth-order valence-corrected chi connectivity index (χ4v) is 4.50. The number of hydrogen-bond acceptors (Lipinski definition) is 5. The molecule has 0 bridgehead atoms. The van der Waals surface area contributed by atoms with Crippen LogP contribution in [-0.2, 0) is 0 Å². The summed E-state index contributed by atoms with van der Waals surface area (Å²) < 4.78 is 19.6. The van der Waals surface area contributed by atoms with E-state index in [9.17, 15) is 14.3 Å². The number of benzene rings is 1. The minimum Gasteiger partial charge on any atom is -0.438 e. The lowest BCUT2D eigenvalue weighted by Crippen LogP contribution is -2.22. The lowest BCUT2D eigenvalue weighted by Gasteiger charge is -2.30. The molecule has 1 aliphatic rings. The molecule has 0 aliphatic heterocycles. The van der Waals surface area contributed by atoms with Gasteiger partial charge < -0.3 is 9.84 Å². The van der Waals surface area contributed by atoms with Gasteiger partial charge in [-0.2, -0.15) is 0 Å². The molecule has 29 heavy (non-hydrogen) atoms. The highest BCUT2D eigenvalue weighted by Crippen LogP contribution is 2.34. The summed E-state index contributed by atoms with van der Waals surface area (Å²) in [6.07, 6.45) is 9.53. The smallest absolute Gasteiger partial charge is 0.230 e. The number of Topliss-reactive ketones (excluding diaryl/α,β-unsaturated/α-hetero) is 1. The summed E-state index contributed by atoms with van der Waals surface area (Å²) in [6, 6.07) is 8.69. The van der Waals surface area contributed by atoms with Crippen LogP contribution in [0.2, 0.25) is 0 Å². The van der Waals surface area contributed by atoms with Crippen LogP contribution >= 0.6 is 11.8 Å². The number of ether oxygens (including phenoxy) is 1. The van der Waals surface area contributed by atoms with Crippen molar-refractivity contribution in [3.8, 4) is 11.6 Å². The largest absolute Gasteiger partial charge is 0.438 e. The zero-order valence-corrected chi connectivity index (χ0v) is 17.6. The van der Waals surface area contributed by atoms with Crippen LogP contribution in [0.3, 0.4) is 0 Å².